The third-order valence-corrected chi connectivity index (χ3v) is 4.34. The molecule has 0 aromatic rings. The number of aliphatic carboxylic acids is 1. The molecule has 0 heterocycles. The van der Waals surface area contributed by atoms with Gasteiger partial charge in [0.15, 0.2) is 0 Å². The number of carboxylic acids is 1. The minimum atomic E-state index is -1.20. The number of amides is 4. The molecule has 0 bridgehead atoms. The molecule has 13 heteroatoms. The van der Waals surface area contributed by atoms with Gasteiger partial charge in [-0.1, -0.05) is 0 Å². The Labute approximate surface area is 181 Å². The summed E-state index contributed by atoms with van der Waals surface area (Å²) in [6, 6.07) is -3.31. The lowest BCUT2D eigenvalue weighted by atomic mass is 10.1. The number of hydrogen-bond acceptors (Lipinski definition) is 8. The number of hydrogen-bond donors (Lipinski definition) is 8. The van der Waals surface area contributed by atoms with E-state index in [1.165, 1.54) is 0 Å². The number of carbonyl (C=O) groups excluding carboxylic acids is 4. The quantitative estimate of drug-likeness (QED) is 0.104. The molecule has 0 saturated heterocycles. The second-order valence-corrected chi connectivity index (χ2v) is 7.08. The molecule has 31 heavy (non-hydrogen) atoms. The SMILES string of the molecule is NCCCCC(NC(=O)C(CCCCN)NC(=O)CNC(=O)C(N)CC(N)=O)C(=O)O. The van der Waals surface area contributed by atoms with E-state index < -0.39 is 54.3 Å². The van der Waals surface area contributed by atoms with Crippen molar-refractivity contribution in [2.24, 2.45) is 22.9 Å². The summed E-state index contributed by atoms with van der Waals surface area (Å²) in [5, 5.41) is 16.5. The molecule has 178 valence electrons. The maximum Gasteiger partial charge on any atom is 0.326 e. The Morgan fingerprint density at radius 1 is 0.806 bits per heavy atom. The Morgan fingerprint density at radius 3 is 1.84 bits per heavy atom. The molecule has 0 radical (unpaired) electrons. The van der Waals surface area contributed by atoms with E-state index in [9.17, 15) is 29.1 Å². The van der Waals surface area contributed by atoms with Crippen LogP contribution in [0, 0.1) is 0 Å². The van der Waals surface area contributed by atoms with E-state index >= 15 is 0 Å². The van der Waals surface area contributed by atoms with Crippen molar-refractivity contribution in [1.82, 2.24) is 16.0 Å². The molecular weight excluding hydrogens is 410 g/mol. The summed E-state index contributed by atoms with van der Waals surface area (Å²) in [7, 11) is 0. The van der Waals surface area contributed by atoms with Crippen LogP contribution in [0.15, 0.2) is 0 Å². The third-order valence-electron chi connectivity index (χ3n) is 4.34. The predicted molar refractivity (Wildman–Crippen MR) is 112 cm³/mol. The Morgan fingerprint density at radius 2 is 1.35 bits per heavy atom. The van der Waals surface area contributed by atoms with Gasteiger partial charge in [-0.3, -0.25) is 19.2 Å². The first kappa shape index (κ1) is 28.2. The maximum absolute atomic E-state index is 12.6. The lowest BCUT2D eigenvalue weighted by Gasteiger charge is -2.22. The van der Waals surface area contributed by atoms with Crippen molar-refractivity contribution in [3.8, 4) is 0 Å². The van der Waals surface area contributed by atoms with Gasteiger partial charge in [0.25, 0.3) is 0 Å². The molecule has 0 aliphatic carbocycles. The first-order valence-electron chi connectivity index (χ1n) is 10.2. The first-order chi connectivity index (χ1) is 14.6. The van der Waals surface area contributed by atoms with Gasteiger partial charge in [0, 0.05) is 0 Å². The number of nitrogens with one attached hydrogen (secondary N) is 3. The molecule has 0 spiro atoms. The zero-order valence-corrected chi connectivity index (χ0v) is 17.6. The van der Waals surface area contributed by atoms with Gasteiger partial charge in [-0.25, -0.2) is 4.79 Å². The van der Waals surface area contributed by atoms with Crippen LogP contribution in [0.5, 0.6) is 0 Å². The van der Waals surface area contributed by atoms with Gasteiger partial charge in [0.05, 0.1) is 19.0 Å². The molecule has 3 unspecified atom stereocenters. The number of rotatable bonds is 17. The van der Waals surface area contributed by atoms with E-state index in [4.69, 9.17) is 22.9 Å². The van der Waals surface area contributed by atoms with E-state index in [1.807, 2.05) is 0 Å². The molecule has 12 N–H and O–H groups in total. The van der Waals surface area contributed by atoms with Crippen molar-refractivity contribution in [1.29, 1.82) is 0 Å². The standard InChI is InChI=1S/C18H35N7O6/c19-7-3-1-5-12(17(29)25-13(18(30)31)6-2-4-8-20)24-15(27)10-23-16(28)11(21)9-14(22)26/h11-13H,1-10,19-21H2,(H2,22,26)(H,23,28)(H,24,27)(H,25,29)(H,30,31). The summed E-state index contributed by atoms with van der Waals surface area (Å²) >= 11 is 0. The summed E-state index contributed by atoms with van der Waals surface area (Å²) in [5.41, 5.74) is 21.3. The molecule has 0 aromatic carbocycles. The average molecular weight is 446 g/mol. The van der Waals surface area contributed by atoms with Gasteiger partial charge in [0.2, 0.25) is 23.6 Å². The van der Waals surface area contributed by atoms with Gasteiger partial charge >= 0.3 is 5.97 Å². The molecule has 0 fully saturated rings. The second kappa shape index (κ2) is 16.0. The van der Waals surface area contributed by atoms with Crippen LogP contribution in [0.2, 0.25) is 0 Å². The van der Waals surface area contributed by atoms with Crippen molar-refractivity contribution >= 4 is 29.6 Å². The zero-order valence-electron chi connectivity index (χ0n) is 17.6. The third kappa shape index (κ3) is 13.2. The Kier molecular flexibility index (Phi) is 14.6. The highest BCUT2D eigenvalue weighted by molar-refractivity contribution is 5.93. The van der Waals surface area contributed by atoms with Gasteiger partial charge in [-0.15, -0.1) is 0 Å². The number of primary amides is 1. The Bertz CT molecular complexity index is 616. The summed E-state index contributed by atoms with van der Waals surface area (Å²) in [6.07, 6.45) is 2.34. The van der Waals surface area contributed by atoms with Gasteiger partial charge in [-0.05, 0) is 51.6 Å². The van der Waals surface area contributed by atoms with Crippen molar-refractivity contribution in [3.63, 3.8) is 0 Å². The molecular formula is C18H35N7O6. The van der Waals surface area contributed by atoms with E-state index in [-0.39, 0.29) is 19.3 Å². The number of unbranched alkanes of at least 4 members (excludes halogenated alkanes) is 2. The average Bonchev–Trinajstić information content (AvgIpc) is 2.69. The van der Waals surface area contributed by atoms with Crippen molar-refractivity contribution in [3.05, 3.63) is 0 Å². The van der Waals surface area contributed by atoms with Crippen LogP contribution in [0.25, 0.3) is 0 Å². The smallest absolute Gasteiger partial charge is 0.326 e. The van der Waals surface area contributed by atoms with Crippen LogP contribution in [0.3, 0.4) is 0 Å². The van der Waals surface area contributed by atoms with E-state index in [2.05, 4.69) is 16.0 Å². The number of carbonyl (C=O) groups is 5. The lowest BCUT2D eigenvalue weighted by Crippen LogP contribution is -2.53. The summed E-state index contributed by atoms with van der Waals surface area (Å²) < 4.78 is 0. The molecule has 0 saturated carbocycles. The highest BCUT2D eigenvalue weighted by atomic mass is 16.4. The minimum absolute atomic E-state index is 0.204. The second-order valence-electron chi connectivity index (χ2n) is 7.08. The topological polar surface area (TPSA) is 246 Å². The fourth-order valence-electron chi connectivity index (χ4n) is 2.64. The summed E-state index contributed by atoms with van der Waals surface area (Å²) in [4.78, 5) is 58.7. The molecule has 0 aliphatic rings. The molecule has 13 nitrogen and oxygen atoms in total. The van der Waals surface area contributed by atoms with Gasteiger partial charge < -0.3 is 44.0 Å². The first-order valence-corrected chi connectivity index (χ1v) is 10.2. The number of nitrogens with two attached hydrogens (primary N) is 4. The highest BCUT2D eigenvalue weighted by Crippen LogP contribution is 2.05. The van der Waals surface area contributed by atoms with Crippen molar-refractivity contribution in [2.45, 2.75) is 63.1 Å². The summed E-state index contributed by atoms with van der Waals surface area (Å²) in [6.45, 7) is 0.324. The minimum Gasteiger partial charge on any atom is -0.480 e. The van der Waals surface area contributed by atoms with Crippen molar-refractivity contribution < 1.29 is 29.1 Å². The molecule has 3 atom stereocenters. The maximum atomic E-state index is 12.6. The molecule has 0 rings (SSSR count). The molecule has 4 amide bonds. The fraction of sp³-hybridized carbons (Fsp3) is 0.722. The Hall–Kier alpha value is -2.77. The van der Waals surface area contributed by atoms with Crippen LogP contribution in [0.1, 0.15) is 44.9 Å². The van der Waals surface area contributed by atoms with E-state index in [0.29, 0.717) is 38.8 Å². The lowest BCUT2D eigenvalue weighted by molar-refractivity contribution is -0.142. The normalized spacial score (nSPS) is 13.5. The van der Waals surface area contributed by atoms with Crippen LogP contribution in [0.4, 0.5) is 0 Å². The fourth-order valence-corrected chi connectivity index (χ4v) is 2.64. The summed E-state index contributed by atoms with van der Waals surface area (Å²) in [5.74, 6) is -4.02. The molecule has 0 aliphatic heterocycles. The Balaban J connectivity index is 4.89. The highest BCUT2D eigenvalue weighted by Gasteiger charge is 2.26. The van der Waals surface area contributed by atoms with E-state index in [0.717, 1.165) is 0 Å². The van der Waals surface area contributed by atoms with Crippen LogP contribution < -0.4 is 38.9 Å². The molecule has 0 aromatic heterocycles. The van der Waals surface area contributed by atoms with Crippen LogP contribution in [-0.4, -0.2) is 72.5 Å². The van der Waals surface area contributed by atoms with Crippen LogP contribution >= 0.6 is 0 Å². The van der Waals surface area contributed by atoms with E-state index in [1.54, 1.807) is 0 Å². The van der Waals surface area contributed by atoms with Crippen LogP contribution in [-0.2, 0) is 24.0 Å². The van der Waals surface area contributed by atoms with Crippen molar-refractivity contribution in [2.75, 3.05) is 19.6 Å². The zero-order chi connectivity index (χ0) is 23.8. The predicted octanol–water partition coefficient (Wildman–Crippen LogP) is -3.38. The largest absolute Gasteiger partial charge is 0.480 e. The number of carboxylic acid groups (broad SMARTS) is 1. The van der Waals surface area contributed by atoms with Gasteiger partial charge in [0.1, 0.15) is 12.1 Å². The monoisotopic (exact) mass is 445 g/mol. The van der Waals surface area contributed by atoms with Gasteiger partial charge in [-0.2, -0.15) is 0 Å².